The number of fused-ring (bicyclic) bond motifs is 3. The molecule has 0 aliphatic heterocycles. The van der Waals surface area contributed by atoms with Crippen LogP contribution < -0.4 is 0 Å². The van der Waals surface area contributed by atoms with Crippen LogP contribution in [0.15, 0.2) is 180 Å². The first kappa shape index (κ1) is 28.6. The van der Waals surface area contributed by atoms with Gasteiger partial charge in [-0.25, -0.2) is 15.0 Å². The standard InChI is InChI=1S/C45H29N3O/c1-3-13-30(14-4-1)36-19-7-8-20-37(36)34-17-11-18-35(29-34)45-47-43(32-15-5-2-6-16-32)46-44(48-45)33-27-25-31(26-28-33)38-22-12-24-41-42(38)39-21-9-10-23-40(39)49-41/h1-29H. The maximum atomic E-state index is 6.16. The van der Waals surface area contributed by atoms with Crippen molar-refractivity contribution in [2.75, 3.05) is 0 Å². The van der Waals surface area contributed by atoms with Crippen molar-refractivity contribution in [3.05, 3.63) is 176 Å². The number of para-hydroxylation sites is 1. The lowest BCUT2D eigenvalue weighted by Gasteiger charge is -2.12. The predicted molar refractivity (Wildman–Crippen MR) is 200 cm³/mol. The molecule has 0 amide bonds. The first-order valence-electron chi connectivity index (χ1n) is 16.4. The predicted octanol–water partition coefficient (Wildman–Crippen LogP) is 11.8. The van der Waals surface area contributed by atoms with Crippen molar-refractivity contribution >= 4 is 21.9 Å². The van der Waals surface area contributed by atoms with Gasteiger partial charge in [0.15, 0.2) is 17.5 Å². The number of benzene rings is 7. The molecule has 230 valence electrons. The average Bonchev–Trinajstić information content (AvgIpc) is 3.58. The van der Waals surface area contributed by atoms with Crippen molar-refractivity contribution in [1.29, 1.82) is 0 Å². The van der Waals surface area contributed by atoms with Gasteiger partial charge in [0.05, 0.1) is 0 Å². The van der Waals surface area contributed by atoms with Crippen LogP contribution in [-0.2, 0) is 0 Å². The van der Waals surface area contributed by atoms with Gasteiger partial charge in [0.25, 0.3) is 0 Å². The SMILES string of the molecule is c1ccc(-c2nc(-c3ccc(-c4cccc5oc6ccccc6c45)cc3)nc(-c3cccc(-c4ccccc4-c4ccccc4)c3)n2)cc1. The third-order valence-corrected chi connectivity index (χ3v) is 8.97. The zero-order chi connectivity index (χ0) is 32.6. The van der Waals surface area contributed by atoms with Gasteiger partial charge in [-0.15, -0.1) is 0 Å². The largest absolute Gasteiger partial charge is 0.456 e. The highest BCUT2D eigenvalue weighted by Crippen LogP contribution is 2.38. The highest BCUT2D eigenvalue weighted by Gasteiger charge is 2.16. The Kier molecular flexibility index (Phi) is 7.10. The van der Waals surface area contributed by atoms with E-state index < -0.39 is 0 Å². The Morgan fingerprint density at radius 1 is 0.306 bits per heavy atom. The van der Waals surface area contributed by atoms with Crippen LogP contribution in [0.5, 0.6) is 0 Å². The quantitative estimate of drug-likeness (QED) is 0.184. The first-order chi connectivity index (χ1) is 24.3. The van der Waals surface area contributed by atoms with E-state index in [0.29, 0.717) is 17.5 Å². The molecule has 9 rings (SSSR count). The van der Waals surface area contributed by atoms with Gasteiger partial charge in [0.2, 0.25) is 0 Å². The van der Waals surface area contributed by atoms with Gasteiger partial charge in [-0.3, -0.25) is 0 Å². The fraction of sp³-hybridized carbons (Fsp3) is 0. The van der Waals surface area contributed by atoms with Gasteiger partial charge >= 0.3 is 0 Å². The van der Waals surface area contributed by atoms with E-state index in [1.54, 1.807) is 0 Å². The molecule has 0 saturated heterocycles. The van der Waals surface area contributed by atoms with Crippen LogP contribution in [0.1, 0.15) is 0 Å². The van der Waals surface area contributed by atoms with Crippen molar-refractivity contribution in [3.8, 4) is 67.5 Å². The zero-order valence-electron chi connectivity index (χ0n) is 26.5. The molecular formula is C45H29N3O. The number of hydrogen-bond donors (Lipinski definition) is 0. The van der Waals surface area contributed by atoms with Crippen LogP contribution in [0.2, 0.25) is 0 Å². The van der Waals surface area contributed by atoms with Crippen LogP contribution in [0.3, 0.4) is 0 Å². The monoisotopic (exact) mass is 627 g/mol. The van der Waals surface area contributed by atoms with E-state index in [0.717, 1.165) is 60.9 Å². The van der Waals surface area contributed by atoms with Crippen LogP contribution in [0.25, 0.3) is 89.5 Å². The number of aromatic nitrogens is 3. The molecule has 0 aliphatic rings. The summed E-state index contributed by atoms with van der Waals surface area (Å²) in [5.41, 5.74) is 11.4. The molecule has 4 heteroatoms. The van der Waals surface area contributed by atoms with E-state index in [1.165, 1.54) is 11.1 Å². The fourth-order valence-electron chi connectivity index (χ4n) is 6.59. The van der Waals surface area contributed by atoms with Gasteiger partial charge in [-0.1, -0.05) is 158 Å². The minimum Gasteiger partial charge on any atom is -0.456 e. The molecule has 0 aliphatic carbocycles. The summed E-state index contributed by atoms with van der Waals surface area (Å²) in [6, 6.07) is 60.5. The van der Waals surface area contributed by atoms with Crippen molar-refractivity contribution < 1.29 is 4.42 Å². The van der Waals surface area contributed by atoms with Crippen LogP contribution in [0.4, 0.5) is 0 Å². The molecule has 4 nitrogen and oxygen atoms in total. The minimum absolute atomic E-state index is 0.623. The number of nitrogens with zero attached hydrogens (tertiary/aromatic N) is 3. The van der Waals surface area contributed by atoms with Crippen LogP contribution >= 0.6 is 0 Å². The van der Waals surface area contributed by atoms with Crippen molar-refractivity contribution in [2.45, 2.75) is 0 Å². The van der Waals surface area contributed by atoms with E-state index in [2.05, 4.69) is 115 Å². The third-order valence-electron chi connectivity index (χ3n) is 8.97. The van der Waals surface area contributed by atoms with Crippen molar-refractivity contribution in [1.82, 2.24) is 15.0 Å². The molecule has 0 radical (unpaired) electrons. The zero-order valence-corrected chi connectivity index (χ0v) is 26.5. The number of hydrogen-bond acceptors (Lipinski definition) is 4. The Morgan fingerprint density at radius 2 is 0.755 bits per heavy atom. The summed E-state index contributed by atoms with van der Waals surface area (Å²) in [5, 5.41) is 2.23. The minimum atomic E-state index is 0.623. The maximum Gasteiger partial charge on any atom is 0.164 e. The van der Waals surface area contributed by atoms with E-state index in [-0.39, 0.29) is 0 Å². The topological polar surface area (TPSA) is 51.8 Å². The highest BCUT2D eigenvalue weighted by atomic mass is 16.3. The van der Waals surface area contributed by atoms with E-state index >= 15 is 0 Å². The molecule has 0 unspecified atom stereocenters. The lowest BCUT2D eigenvalue weighted by atomic mass is 9.94. The smallest absolute Gasteiger partial charge is 0.164 e. The number of rotatable bonds is 6. The van der Waals surface area contributed by atoms with Crippen molar-refractivity contribution in [2.24, 2.45) is 0 Å². The lowest BCUT2D eigenvalue weighted by molar-refractivity contribution is 0.669. The van der Waals surface area contributed by atoms with E-state index in [1.807, 2.05) is 60.7 Å². The second-order valence-electron chi connectivity index (χ2n) is 12.0. The highest BCUT2D eigenvalue weighted by molar-refractivity contribution is 6.12. The summed E-state index contributed by atoms with van der Waals surface area (Å²) in [6.45, 7) is 0. The molecule has 0 atom stereocenters. The van der Waals surface area contributed by atoms with Gasteiger partial charge in [-0.05, 0) is 51.6 Å². The molecule has 0 fully saturated rings. The second-order valence-corrected chi connectivity index (χ2v) is 12.0. The summed E-state index contributed by atoms with van der Waals surface area (Å²) in [5.74, 6) is 1.88. The van der Waals surface area contributed by atoms with Gasteiger partial charge in [0.1, 0.15) is 11.2 Å². The summed E-state index contributed by atoms with van der Waals surface area (Å²) < 4.78 is 6.16. The van der Waals surface area contributed by atoms with Gasteiger partial charge in [0, 0.05) is 27.5 Å². The molecule has 0 saturated carbocycles. The molecule has 0 spiro atoms. The van der Waals surface area contributed by atoms with Gasteiger partial charge < -0.3 is 4.42 Å². The second kappa shape index (κ2) is 12.2. The summed E-state index contributed by atoms with van der Waals surface area (Å²) in [7, 11) is 0. The average molecular weight is 628 g/mol. The molecule has 0 N–H and O–H groups in total. The molecule has 7 aromatic carbocycles. The fourth-order valence-corrected chi connectivity index (χ4v) is 6.59. The molecule has 2 heterocycles. The van der Waals surface area contributed by atoms with E-state index in [9.17, 15) is 0 Å². The Bertz CT molecular complexity index is 2590. The maximum absolute atomic E-state index is 6.16. The molecular weight excluding hydrogens is 599 g/mol. The third kappa shape index (κ3) is 5.35. The first-order valence-corrected chi connectivity index (χ1v) is 16.4. The Labute approximate surface area is 284 Å². The lowest BCUT2D eigenvalue weighted by Crippen LogP contribution is -2.00. The van der Waals surface area contributed by atoms with Crippen LogP contribution in [0, 0.1) is 0 Å². The summed E-state index contributed by atoms with van der Waals surface area (Å²) in [6.07, 6.45) is 0. The summed E-state index contributed by atoms with van der Waals surface area (Å²) >= 11 is 0. The van der Waals surface area contributed by atoms with Crippen LogP contribution in [-0.4, -0.2) is 15.0 Å². The normalized spacial score (nSPS) is 11.3. The van der Waals surface area contributed by atoms with Gasteiger partial charge in [-0.2, -0.15) is 0 Å². The summed E-state index contributed by atoms with van der Waals surface area (Å²) in [4.78, 5) is 15.0. The molecule has 49 heavy (non-hydrogen) atoms. The Hall–Kier alpha value is -6.65. The Balaban J connectivity index is 1.14. The molecule has 2 aromatic heterocycles. The van der Waals surface area contributed by atoms with E-state index in [4.69, 9.17) is 19.4 Å². The molecule has 0 bridgehead atoms. The number of furan rings is 1. The Morgan fingerprint density at radius 3 is 1.49 bits per heavy atom. The van der Waals surface area contributed by atoms with Crippen molar-refractivity contribution in [3.63, 3.8) is 0 Å². The molecule has 9 aromatic rings.